The van der Waals surface area contributed by atoms with Crippen molar-refractivity contribution < 1.29 is 17.9 Å². The minimum Gasteiger partial charge on any atom is -0.449 e. The number of carbonyl (C=O) groups is 1. The number of benzene rings is 2. The number of nitrogens with zero attached hydrogens (tertiary/aromatic N) is 2. The maximum Gasteiger partial charge on any atom is 0.406 e. The molecule has 1 fully saturated rings. The van der Waals surface area contributed by atoms with Crippen molar-refractivity contribution in [3.63, 3.8) is 0 Å². The Labute approximate surface area is 233 Å². The van der Waals surface area contributed by atoms with Crippen LogP contribution >= 0.6 is 0 Å². The Morgan fingerprint density at radius 2 is 1.74 bits per heavy atom. The van der Waals surface area contributed by atoms with E-state index in [1.54, 1.807) is 24.5 Å². The van der Waals surface area contributed by atoms with Gasteiger partial charge in [0.15, 0.2) is 0 Å². The molecule has 2 aromatic rings. The van der Waals surface area contributed by atoms with E-state index in [0.29, 0.717) is 19.6 Å². The van der Waals surface area contributed by atoms with E-state index in [9.17, 15) is 13.2 Å². The Morgan fingerprint density at radius 1 is 1.08 bits per heavy atom. The van der Waals surface area contributed by atoms with Crippen LogP contribution in [0.4, 0.5) is 4.79 Å². The standard InChI is InChI=1S/C31H41N3O4S/c1-32-30(35)38-25-31(28-14-8-4-9-15-28)19-22-34(23-20-31)21-18-27(26-12-6-3-7-13-26)24-33(2)39(36,37)29-16-10-5-11-17-29/h3-16,27,29H,17-25H2,1-2H3,(H,32,35). The van der Waals surface area contributed by atoms with E-state index < -0.39 is 21.4 Å². The van der Waals surface area contributed by atoms with Crippen LogP contribution < -0.4 is 5.32 Å². The lowest BCUT2D eigenvalue weighted by molar-refractivity contribution is 0.0749. The van der Waals surface area contributed by atoms with Gasteiger partial charge in [0, 0.05) is 26.1 Å². The number of likely N-dealkylation sites (tertiary alicyclic amines) is 1. The van der Waals surface area contributed by atoms with Gasteiger partial charge in [-0.25, -0.2) is 17.5 Å². The van der Waals surface area contributed by atoms with Crippen LogP contribution in [0.15, 0.2) is 85.0 Å². The summed E-state index contributed by atoms with van der Waals surface area (Å²) < 4.78 is 33.7. The topological polar surface area (TPSA) is 79.0 Å². The normalized spacial score (nSPS) is 20.0. The third-order valence-corrected chi connectivity index (χ3v) is 10.3. The van der Waals surface area contributed by atoms with Gasteiger partial charge in [0.05, 0.1) is 5.25 Å². The van der Waals surface area contributed by atoms with Crippen molar-refractivity contribution >= 4 is 16.1 Å². The van der Waals surface area contributed by atoms with Gasteiger partial charge < -0.3 is 15.0 Å². The number of allylic oxidation sites excluding steroid dienone is 3. The van der Waals surface area contributed by atoms with Crippen LogP contribution in [0, 0.1) is 0 Å². The minimum atomic E-state index is -3.43. The third-order valence-electron chi connectivity index (χ3n) is 8.18. The number of rotatable bonds is 11. The molecule has 2 aromatic carbocycles. The Kier molecular flexibility index (Phi) is 9.99. The molecule has 7 nitrogen and oxygen atoms in total. The second-order valence-corrected chi connectivity index (χ2v) is 12.9. The van der Waals surface area contributed by atoms with Crippen molar-refractivity contribution in [3.05, 3.63) is 96.1 Å². The summed E-state index contributed by atoms with van der Waals surface area (Å²) in [6.07, 6.45) is 10.2. The molecule has 0 bridgehead atoms. The monoisotopic (exact) mass is 551 g/mol. The lowest BCUT2D eigenvalue weighted by atomic mass is 9.73. The van der Waals surface area contributed by atoms with Crippen molar-refractivity contribution in [3.8, 4) is 0 Å². The average molecular weight is 552 g/mol. The number of nitrogens with one attached hydrogen (secondary N) is 1. The van der Waals surface area contributed by atoms with Crippen molar-refractivity contribution in [1.29, 1.82) is 0 Å². The maximum absolute atomic E-state index is 13.3. The molecule has 39 heavy (non-hydrogen) atoms. The highest BCUT2D eigenvalue weighted by atomic mass is 32.2. The largest absolute Gasteiger partial charge is 0.449 e. The van der Waals surface area contributed by atoms with Gasteiger partial charge in [-0.2, -0.15) is 0 Å². The summed E-state index contributed by atoms with van der Waals surface area (Å²) in [6, 6.07) is 20.6. The first-order valence-corrected chi connectivity index (χ1v) is 15.3. The highest BCUT2D eigenvalue weighted by Crippen LogP contribution is 2.36. The SMILES string of the molecule is CNC(=O)OCC1(c2ccccc2)CCN(CCC(CN(C)S(=O)(=O)C2C=CC=CC2)c2ccccc2)CC1. The molecule has 1 N–H and O–H groups in total. The highest BCUT2D eigenvalue weighted by Gasteiger charge is 2.38. The first-order chi connectivity index (χ1) is 18.8. The number of piperidine rings is 1. The summed E-state index contributed by atoms with van der Waals surface area (Å²) in [7, 11) is -0.149. The number of likely N-dealkylation sites (N-methyl/N-ethyl adjacent to an activating group) is 1. The summed E-state index contributed by atoms with van der Waals surface area (Å²) in [5, 5.41) is 2.05. The fourth-order valence-electron chi connectivity index (χ4n) is 5.64. The Morgan fingerprint density at radius 3 is 2.36 bits per heavy atom. The van der Waals surface area contributed by atoms with E-state index in [1.807, 2.05) is 54.6 Å². The summed E-state index contributed by atoms with van der Waals surface area (Å²) in [4.78, 5) is 14.3. The van der Waals surface area contributed by atoms with Crippen LogP contribution in [0.25, 0.3) is 0 Å². The van der Waals surface area contributed by atoms with Crippen LogP contribution in [0.3, 0.4) is 0 Å². The van der Waals surface area contributed by atoms with E-state index in [1.165, 1.54) is 5.56 Å². The van der Waals surface area contributed by atoms with Gasteiger partial charge in [-0.1, -0.05) is 85.0 Å². The number of amides is 1. The maximum atomic E-state index is 13.3. The van der Waals surface area contributed by atoms with Crippen molar-refractivity contribution in [2.45, 2.75) is 42.3 Å². The van der Waals surface area contributed by atoms with Crippen molar-refractivity contribution in [2.75, 3.05) is 46.9 Å². The molecule has 4 rings (SSSR count). The third kappa shape index (κ3) is 7.38. The lowest BCUT2D eigenvalue weighted by Crippen LogP contribution is -2.46. The zero-order valence-electron chi connectivity index (χ0n) is 23.0. The van der Waals surface area contributed by atoms with Gasteiger partial charge in [-0.3, -0.25) is 0 Å². The van der Waals surface area contributed by atoms with Gasteiger partial charge in [0.1, 0.15) is 6.61 Å². The molecule has 1 amide bonds. The molecule has 2 atom stereocenters. The Balaban J connectivity index is 1.41. The fraction of sp³-hybridized carbons (Fsp3) is 0.452. The van der Waals surface area contributed by atoms with Crippen LogP contribution in [0.1, 0.15) is 42.7 Å². The second kappa shape index (κ2) is 13.4. The van der Waals surface area contributed by atoms with Gasteiger partial charge in [-0.15, -0.1) is 0 Å². The molecule has 0 radical (unpaired) electrons. The van der Waals surface area contributed by atoms with Crippen LogP contribution in [0.5, 0.6) is 0 Å². The minimum absolute atomic E-state index is 0.0893. The molecule has 1 heterocycles. The predicted octanol–water partition coefficient (Wildman–Crippen LogP) is 4.70. The van der Waals surface area contributed by atoms with Crippen LogP contribution in [0.2, 0.25) is 0 Å². The van der Waals surface area contributed by atoms with Crippen molar-refractivity contribution in [1.82, 2.24) is 14.5 Å². The van der Waals surface area contributed by atoms with Gasteiger partial charge in [0.2, 0.25) is 10.0 Å². The average Bonchev–Trinajstić information content (AvgIpc) is 2.99. The molecule has 8 heteroatoms. The summed E-state index contributed by atoms with van der Waals surface area (Å²) >= 11 is 0. The summed E-state index contributed by atoms with van der Waals surface area (Å²) in [5.41, 5.74) is 2.15. The highest BCUT2D eigenvalue weighted by molar-refractivity contribution is 7.89. The number of hydrogen-bond donors (Lipinski definition) is 1. The van der Waals surface area contributed by atoms with Crippen LogP contribution in [-0.4, -0.2) is 75.8 Å². The zero-order valence-corrected chi connectivity index (χ0v) is 23.9. The molecule has 2 aliphatic rings. The quantitative estimate of drug-likeness (QED) is 0.438. The molecule has 0 aromatic heterocycles. The number of ether oxygens (including phenoxy) is 1. The smallest absolute Gasteiger partial charge is 0.406 e. The summed E-state index contributed by atoms with van der Waals surface area (Å²) in [6.45, 7) is 3.45. The van der Waals surface area contributed by atoms with Crippen LogP contribution in [-0.2, 0) is 20.2 Å². The lowest BCUT2D eigenvalue weighted by Gasteiger charge is -2.42. The molecule has 0 spiro atoms. The van der Waals surface area contributed by atoms with Gasteiger partial charge in [-0.05, 0) is 62.4 Å². The fourth-order valence-corrected chi connectivity index (χ4v) is 7.13. The van der Waals surface area contributed by atoms with Gasteiger partial charge >= 0.3 is 6.09 Å². The molecule has 210 valence electrons. The van der Waals surface area contributed by atoms with E-state index in [2.05, 4.69) is 34.5 Å². The molecule has 2 unspecified atom stereocenters. The van der Waals surface area contributed by atoms with Gasteiger partial charge in [0.25, 0.3) is 0 Å². The first-order valence-electron chi connectivity index (χ1n) is 13.8. The second-order valence-electron chi connectivity index (χ2n) is 10.6. The number of alkyl carbamates (subject to hydrolysis) is 1. The van der Waals surface area contributed by atoms with E-state index in [-0.39, 0.29) is 11.3 Å². The molecular weight excluding hydrogens is 510 g/mol. The first kappa shape index (κ1) is 29.1. The van der Waals surface area contributed by atoms with E-state index in [0.717, 1.165) is 44.5 Å². The summed E-state index contributed by atoms with van der Waals surface area (Å²) in [5.74, 6) is 0.0893. The van der Waals surface area contributed by atoms with E-state index in [4.69, 9.17) is 4.74 Å². The molecular formula is C31H41N3O4S. The molecule has 1 aliphatic carbocycles. The Bertz CT molecular complexity index is 1220. The number of carbonyl (C=O) groups excluding carboxylic acids is 1. The Hall–Kier alpha value is -2.94. The predicted molar refractivity (Wildman–Crippen MR) is 156 cm³/mol. The molecule has 1 aliphatic heterocycles. The number of sulfonamides is 1. The molecule has 0 saturated carbocycles. The zero-order chi connectivity index (χ0) is 27.7. The van der Waals surface area contributed by atoms with E-state index >= 15 is 0 Å². The molecule has 1 saturated heterocycles. The number of hydrogen-bond acceptors (Lipinski definition) is 5. The van der Waals surface area contributed by atoms with Crippen molar-refractivity contribution in [2.24, 2.45) is 0 Å².